The number of rotatable bonds is 2. The Morgan fingerprint density at radius 2 is 1.75 bits per heavy atom. The summed E-state index contributed by atoms with van der Waals surface area (Å²) in [5.74, 6) is -0.256. The lowest BCUT2D eigenvalue weighted by Gasteiger charge is -2.19. The second-order valence-corrected chi connectivity index (χ2v) is 5.35. The number of nitrogens with two attached hydrogens (primary N) is 1. The third-order valence-corrected chi connectivity index (χ3v) is 3.81. The molecule has 1 amide bonds. The van der Waals surface area contributed by atoms with Crippen LogP contribution in [0.15, 0.2) is 36.4 Å². The van der Waals surface area contributed by atoms with Gasteiger partial charge in [-0.3, -0.25) is 4.79 Å². The van der Waals surface area contributed by atoms with Crippen LogP contribution in [-0.4, -0.2) is 13.0 Å². The summed E-state index contributed by atoms with van der Waals surface area (Å²) in [6.07, 6.45) is 0. The maximum absolute atomic E-state index is 12.5. The number of benzene rings is 2. The number of nitrogen functional groups attached to an aromatic ring is 1. The zero-order valence-corrected chi connectivity index (χ0v) is 12.7. The number of amides is 1. The molecular weight excluding hydrogens is 295 g/mol. The summed E-state index contributed by atoms with van der Waals surface area (Å²) in [6, 6.07) is 10.7. The van der Waals surface area contributed by atoms with Crippen molar-refractivity contribution in [3.05, 3.63) is 57.6 Å². The van der Waals surface area contributed by atoms with Crippen LogP contribution >= 0.6 is 23.2 Å². The number of aryl methyl sites for hydroxylation is 1. The van der Waals surface area contributed by atoms with Gasteiger partial charge < -0.3 is 10.6 Å². The largest absolute Gasteiger partial charge is 0.399 e. The second-order valence-electron chi connectivity index (χ2n) is 4.56. The third kappa shape index (κ3) is 2.89. The van der Waals surface area contributed by atoms with Crippen LogP contribution in [0, 0.1) is 6.92 Å². The van der Waals surface area contributed by atoms with E-state index in [0.29, 0.717) is 11.3 Å². The van der Waals surface area contributed by atoms with E-state index in [2.05, 4.69) is 0 Å². The number of carbonyl (C=O) groups is 1. The highest BCUT2D eigenvalue weighted by molar-refractivity contribution is 6.44. The van der Waals surface area contributed by atoms with Crippen LogP contribution in [0.4, 0.5) is 11.4 Å². The minimum atomic E-state index is -0.256. The van der Waals surface area contributed by atoms with E-state index in [0.717, 1.165) is 11.3 Å². The summed E-state index contributed by atoms with van der Waals surface area (Å²) in [7, 11) is 1.68. The van der Waals surface area contributed by atoms with Crippen LogP contribution in [0.3, 0.4) is 0 Å². The fourth-order valence-corrected chi connectivity index (χ4v) is 2.25. The SMILES string of the molecule is Cc1ccc(N(C)C(=O)c2cc(N)cc(Cl)c2Cl)cc1. The van der Waals surface area contributed by atoms with Crippen LogP contribution in [0.25, 0.3) is 0 Å². The number of carbonyl (C=O) groups excluding carboxylic acids is 1. The fourth-order valence-electron chi connectivity index (χ4n) is 1.83. The van der Waals surface area contributed by atoms with Gasteiger partial charge in [-0.15, -0.1) is 0 Å². The van der Waals surface area contributed by atoms with Gasteiger partial charge in [-0.2, -0.15) is 0 Å². The molecule has 0 saturated heterocycles. The molecule has 2 N–H and O–H groups in total. The lowest BCUT2D eigenvalue weighted by molar-refractivity contribution is 0.0993. The molecule has 2 rings (SSSR count). The van der Waals surface area contributed by atoms with Crippen molar-refractivity contribution in [2.75, 3.05) is 17.7 Å². The Morgan fingerprint density at radius 1 is 1.15 bits per heavy atom. The molecule has 0 fully saturated rings. The minimum absolute atomic E-state index is 0.213. The smallest absolute Gasteiger partial charge is 0.259 e. The van der Waals surface area contributed by atoms with E-state index in [1.54, 1.807) is 7.05 Å². The van der Waals surface area contributed by atoms with Crippen LogP contribution in [0.1, 0.15) is 15.9 Å². The van der Waals surface area contributed by atoms with Crippen LogP contribution in [-0.2, 0) is 0 Å². The first kappa shape index (κ1) is 14.7. The maximum Gasteiger partial charge on any atom is 0.259 e. The van der Waals surface area contributed by atoms with Gasteiger partial charge in [0.1, 0.15) is 0 Å². The van der Waals surface area contributed by atoms with Crippen LogP contribution in [0.5, 0.6) is 0 Å². The van der Waals surface area contributed by atoms with Crippen molar-refractivity contribution >= 4 is 40.5 Å². The Morgan fingerprint density at radius 3 is 2.35 bits per heavy atom. The molecule has 0 aromatic heterocycles. The molecular formula is C15H14Cl2N2O. The first-order valence-corrected chi connectivity index (χ1v) is 6.75. The molecule has 0 aliphatic rings. The molecule has 5 heteroatoms. The van der Waals surface area contributed by atoms with Gasteiger partial charge in [0.25, 0.3) is 5.91 Å². The van der Waals surface area contributed by atoms with E-state index in [-0.39, 0.29) is 16.0 Å². The molecule has 2 aromatic rings. The van der Waals surface area contributed by atoms with Crippen molar-refractivity contribution < 1.29 is 4.79 Å². The molecule has 0 aliphatic heterocycles. The van der Waals surface area contributed by atoms with Crippen molar-refractivity contribution in [3.63, 3.8) is 0 Å². The molecule has 104 valence electrons. The number of hydrogen-bond acceptors (Lipinski definition) is 2. The van der Waals surface area contributed by atoms with E-state index in [1.165, 1.54) is 17.0 Å². The first-order valence-electron chi connectivity index (χ1n) is 5.99. The van der Waals surface area contributed by atoms with Crippen molar-refractivity contribution in [3.8, 4) is 0 Å². The quantitative estimate of drug-likeness (QED) is 0.847. The zero-order chi connectivity index (χ0) is 14.9. The average Bonchev–Trinajstić information content (AvgIpc) is 2.42. The van der Waals surface area contributed by atoms with Gasteiger partial charge in [-0.25, -0.2) is 0 Å². The fraction of sp³-hybridized carbons (Fsp3) is 0.133. The summed E-state index contributed by atoms with van der Waals surface area (Å²) < 4.78 is 0. The molecule has 0 aliphatic carbocycles. The Bertz CT molecular complexity index is 654. The summed E-state index contributed by atoms with van der Waals surface area (Å²) in [4.78, 5) is 14.0. The predicted octanol–water partition coefficient (Wildman–Crippen LogP) is 4.16. The highest BCUT2D eigenvalue weighted by Gasteiger charge is 2.19. The Balaban J connectivity index is 2.38. The Kier molecular flexibility index (Phi) is 4.21. The van der Waals surface area contributed by atoms with Gasteiger partial charge in [0.15, 0.2) is 0 Å². The summed E-state index contributed by atoms with van der Waals surface area (Å²) in [5.41, 5.74) is 8.30. The normalized spacial score (nSPS) is 10.4. The third-order valence-electron chi connectivity index (χ3n) is 3.01. The van der Waals surface area contributed by atoms with Crippen molar-refractivity contribution in [1.29, 1.82) is 0 Å². The summed E-state index contributed by atoms with van der Waals surface area (Å²) in [5, 5.41) is 0.483. The van der Waals surface area contributed by atoms with Crippen molar-refractivity contribution in [1.82, 2.24) is 0 Å². The summed E-state index contributed by atoms with van der Waals surface area (Å²) in [6.45, 7) is 1.99. The molecule has 0 saturated carbocycles. The van der Waals surface area contributed by atoms with E-state index in [4.69, 9.17) is 28.9 Å². The van der Waals surface area contributed by atoms with Gasteiger partial charge in [-0.05, 0) is 31.2 Å². The lowest BCUT2D eigenvalue weighted by atomic mass is 10.1. The molecule has 0 bridgehead atoms. The van der Waals surface area contributed by atoms with E-state index < -0.39 is 0 Å². The topological polar surface area (TPSA) is 46.3 Å². The average molecular weight is 309 g/mol. The molecule has 0 spiro atoms. The molecule has 3 nitrogen and oxygen atoms in total. The maximum atomic E-state index is 12.5. The van der Waals surface area contributed by atoms with Crippen molar-refractivity contribution in [2.24, 2.45) is 0 Å². The molecule has 0 unspecified atom stereocenters. The highest BCUT2D eigenvalue weighted by Crippen LogP contribution is 2.30. The summed E-state index contributed by atoms with van der Waals surface area (Å²) >= 11 is 12.0. The predicted molar refractivity (Wildman–Crippen MR) is 84.8 cm³/mol. The number of halogens is 2. The van der Waals surface area contributed by atoms with Gasteiger partial charge >= 0.3 is 0 Å². The van der Waals surface area contributed by atoms with Crippen molar-refractivity contribution in [2.45, 2.75) is 6.92 Å². The second kappa shape index (κ2) is 5.73. The van der Waals surface area contributed by atoms with Crippen LogP contribution < -0.4 is 10.6 Å². The minimum Gasteiger partial charge on any atom is -0.399 e. The number of hydrogen-bond donors (Lipinski definition) is 1. The van der Waals surface area contributed by atoms with Gasteiger partial charge in [0.05, 0.1) is 15.6 Å². The number of nitrogens with zero attached hydrogens (tertiary/aromatic N) is 1. The highest BCUT2D eigenvalue weighted by atomic mass is 35.5. The van der Waals surface area contributed by atoms with E-state index in [1.807, 2.05) is 31.2 Å². The van der Waals surface area contributed by atoms with E-state index in [9.17, 15) is 4.79 Å². The van der Waals surface area contributed by atoms with Gasteiger partial charge in [-0.1, -0.05) is 40.9 Å². The molecule has 20 heavy (non-hydrogen) atoms. The Hall–Kier alpha value is -1.71. The Labute approximate surface area is 127 Å². The van der Waals surface area contributed by atoms with E-state index >= 15 is 0 Å². The first-order chi connectivity index (χ1) is 9.40. The van der Waals surface area contributed by atoms with Crippen LogP contribution in [0.2, 0.25) is 10.0 Å². The molecule has 0 radical (unpaired) electrons. The zero-order valence-electron chi connectivity index (χ0n) is 11.2. The number of anilines is 2. The monoisotopic (exact) mass is 308 g/mol. The molecule has 0 atom stereocenters. The molecule has 0 heterocycles. The molecule has 2 aromatic carbocycles. The standard InChI is InChI=1S/C15H14Cl2N2O/c1-9-3-5-11(6-4-9)19(2)15(20)12-7-10(18)8-13(16)14(12)17/h3-8H,18H2,1-2H3. The van der Waals surface area contributed by atoms with Gasteiger partial charge in [0.2, 0.25) is 0 Å². The van der Waals surface area contributed by atoms with Gasteiger partial charge in [0, 0.05) is 18.4 Å². The lowest BCUT2D eigenvalue weighted by Crippen LogP contribution is -2.26.